The Bertz CT molecular complexity index is 754. The summed E-state index contributed by atoms with van der Waals surface area (Å²) < 4.78 is 1.69. The van der Waals surface area contributed by atoms with Crippen molar-refractivity contribution in [2.75, 3.05) is 5.32 Å². The highest BCUT2D eigenvalue weighted by Gasteiger charge is 2.16. The number of anilines is 1. The molecule has 0 fully saturated rings. The van der Waals surface area contributed by atoms with E-state index < -0.39 is 11.0 Å². The van der Waals surface area contributed by atoms with Gasteiger partial charge >= 0.3 is 6.03 Å². The van der Waals surface area contributed by atoms with Crippen LogP contribution in [0.15, 0.2) is 24.4 Å². The minimum absolute atomic E-state index is 0.0675. The molecule has 0 aliphatic carbocycles. The van der Waals surface area contributed by atoms with E-state index in [0.29, 0.717) is 5.69 Å². The first kappa shape index (κ1) is 16.5. The normalized spacial score (nSPS) is 11.8. The van der Waals surface area contributed by atoms with Crippen LogP contribution in [-0.4, -0.2) is 20.7 Å². The van der Waals surface area contributed by atoms with Crippen molar-refractivity contribution >= 4 is 17.4 Å². The zero-order valence-electron chi connectivity index (χ0n) is 13.5. The summed E-state index contributed by atoms with van der Waals surface area (Å²) in [5.74, 6) is 0. The molecule has 0 unspecified atom stereocenters. The van der Waals surface area contributed by atoms with E-state index in [4.69, 9.17) is 0 Å². The average molecular weight is 317 g/mol. The van der Waals surface area contributed by atoms with Crippen LogP contribution in [0.2, 0.25) is 0 Å². The van der Waals surface area contributed by atoms with Gasteiger partial charge in [0.2, 0.25) is 0 Å². The van der Waals surface area contributed by atoms with Gasteiger partial charge in [-0.2, -0.15) is 5.10 Å². The maximum Gasteiger partial charge on any atom is 0.319 e. The van der Waals surface area contributed by atoms with Crippen molar-refractivity contribution in [2.24, 2.45) is 7.05 Å². The lowest BCUT2D eigenvalue weighted by Gasteiger charge is -2.15. The van der Waals surface area contributed by atoms with Crippen LogP contribution >= 0.6 is 0 Å². The smallest absolute Gasteiger partial charge is 0.319 e. The fraction of sp³-hybridized carbons (Fsp3) is 0.333. The maximum absolute atomic E-state index is 12.1. The van der Waals surface area contributed by atoms with Gasteiger partial charge in [0, 0.05) is 30.9 Å². The molecule has 2 amide bonds. The number of carbonyl (C=O) groups is 1. The van der Waals surface area contributed by atoms with E-state index in [-0.39, 0.29) is 11.7 Å². The second-order valence-corrected chi connectivity index (χ2v) is 5.42. The van der Waals surface area contributed by atoms with E-state index in [0.717, 1.165) is 16.8 Å². The highest BCUT2D eigenvalue weighted by Crippen LogP contribution is 2.22. The SMILES string of the molecule is Cc1ccc([N+](=O)[O-])cc1NC(=O)N[C@H](C)c1cn(C)nc1C. The Morgan fingerprint density at radius 3 is 2.65 bits per heavy atom. The van der Waals surface area contributed by atoms with Crippen molar-refractivity contribution in [3.05, 3.63) is 51.3 Å². The molecule has 2 aromatic rings. The summed E-state index contributed by atoms with van der Waals surface area (Å²) in [7, 11) is 1.82. The molecule has 0 radical (unpaired) electrons. The molecular weight excluding hydrogens is 298 g/mol. The number of benzene rings is 1. The van der Waals surface area contributed by atoms with Crippen LogP contribution < -0.4 is 10.6 Å². The Morgan fingerprint density at radius 1 is 1.39 bits per heavy atom. The Morgan fingerprint density at radius 2 is 2.09 bits per heavy atom. The molecule has 1 aromatic heterocycles. The van der Waals surface area contributed by atoms with Crippen LogP contribution in [0, 0.1) is 24.0 Å². The molecule has 0 bridgehead atoms. The molecule has 2 N–H and O–H groups in total. The summed E-state index contributed by atoms with van der Waals surface area (Å²) in [5.41, 5.74) is 2.84. The topological polar surface area (TPSA) is 102 Å². The first-order valence-electron chi connectivity index (χ1n) is 7.10. The van der Waals surface area contributed by atoms with Crippen LogP contribution in [0.25, 0.3) is 0 Å². The molecule has 0 saturated heterocycles. The number of hydrogen-bond donors (Lipinski definition) is 2. The number of nitrogens with zero attached hydrogens (tertiary/aromatic N) is 3. The molecule has 0 spiro atoms. The number of nitrogens with one attached hydrogen (secondary N) is 2. The lowest BCUT2D eigenvalue weighted by atomic mass is 10.1. The molecule has 0 aliphatic rings. The van der Waals surface area contributed by atoms with E-state index in [1.807, 2.05) is 27.1 Å². The summed E-state index contributed by atoms with van der Waals surface area (Å²) in [6.45, 7) is 5.49. The largest absolute Gasteiger partial charge is 0.331 e. The van der Waals surface area contributed by atoms with Gasteiger partial charge in [-0.3, -0.25) is 14.8 Å². The van der Waals surface area contributed by atoms with Gasteiger partial charge in [0.05, 0.1) is 22.3 Å². The van der Waals surface area contributed by atoms with Crippen molar-refractivity contribution in [3.8, 4) is 0 Å². The summed E-state index contributed by atoms with van der Waals surface area (Å²) in [4.78, 5) is 22.5. The van der Waals surface area contributed by atoms with Crippen molar-refractivity contribution in [1.82, 2.24) is 15.1 Å². The van der Waals surface area contributed by atoms with Crippen LogP contribution in [-0.2, 0) is 7.05 Å². The zero-order chi connectivity index (χ0) is 17.1. The van der Waals surface area contributed by atoms with Crippen LogP contribution in [0.1, 0.15) is 29.8 Å². The van der Waals surface area contributed by atoms with Crippen molar-refractivity contribution in [2.45, 2.75) is 26.8 Å². The van der Waals surface area contributed by atoms with Gasteiger partial charge in [-0.1, -0.05) is 6.07 Å². The highest BCUT2D eigenvalue weighted by atomic mass is 16.6. The summed E-state index contributed by atoms with van der Waals surface area (Å²) >= 11 is 0. The Labute approximate surface area is 133 Å². The first-order chi connectivity index (χ1) is 10.8. The third-order valence-corrected chi connectivity index (χ3v) is 3.55. The number of aromatic nitrogens is 2. The van der Waals surface area contributed by atoms with Crippen molar-refractivity contribution < 1.29 is 9.72 Å². The van der Waals surface area contributed by atoms with Gasteiger partial charge in [-0.05, 0) is 26.3 Å². The molecule has 2 rings (SSSR count). The van der Waals surface area contributed by atoms with Crippen LogP contribution in [0.5, 0.6) is 0 Å². The second kappa shape index (κ2) is 6.47. The molecule has 122 valence electrons. The lowest BCUT2D eigenvalue weighted by Crippen LogP contribution is -2.31. The highest BCUT2D eigenvalue weighted by molar-refractivity contribution is 5.90. The fourth-order valence-corrected chi connectivity index (χ4v) is 2.33. The minimum Gasteiger partial charge on any atom is -0.331 e. The predicted molar refractivity (Wildman–Crippen MR) is 86.3 cm³/mol. The second-order valence-electron chi connectivity index (χ2n) is 5.42. The standard InChI is InChI=1S/C15H19N5O3/c1-9-5-6-12(20(22)23)7-14(9)17-15(21)16-10(2)13-8-19(4)18-11(13)3/h5-8,10H,1-4H3,(H2,16,17,21)/t10-/m1/s1. The number of urea groups is 1. The van der Waals surface area contributed by atoms with Gasteiger partial charge in [0.15, 0.2) is 0 Å². The zero-order valence-corrected chi connectivity index (χ0v) is 13.5. The van der Waals surface area contributed by atoms with Crippen LogP contribution in [0.4, 0.5) is 16.2 Å². The number of aryl methyl sites for hydroxylation is 3. The molecule has 8 nitrogen and oxygen atoms in total. The number of carbonyl (C=O) groups excluding carboxylic acids is 1. The van der Waals surface area contributed by atoms with Crippen molar-refractivity contribution in [3.63, 3.8) is 0 Å². The predicted octanol–water partition coefficient (Wildman–Crippen LogP) is 2.83. The summed E-state index contributed by atoms with van der Waals surface area (Å²) in [5, 5.41) is 20.5. The Kier molecular flexibility index (Phi) is 4.63. The molecule has 1 heterocycles. The molecule has 23 heavy (non-hydrogen) atoms. The number of non-ortho nitro benzene ring substituents is 1. The molecule has 1 atom stereocenters. The van der Waals surface area contributed by atoms with Gasteiger partial charge < -0.3 is 10.6 Å². The molecule has 0 saturated carbocycles. The monoisotopic (exact) mass is 317 g/mol. The number of amides is 2. The summed E-state index contributed by atoms with van der Waals surface area (Å²) in [6.07, 6.45) is 1.85. The first-order valence-corrected chi connectivity index (χ1v) is 7.10. The quantitative estimate of drug-likeness (QED) is 0.668. The fourth-order valence-electron chi connectivity index (χ4n) is 2.33. The lowest BCUT2D eigenvalue weighted by molar-refractivity contribution is -0.384. The van der Waals surface area contributed by atoms with Crippen LogP contribution in [0.3, 0.4) is 0 Å². The molecule has 1 aromatic carbocycles. The maximum atomic E-state index is 12.1. The summed E-state index contributed by atoms with van der Waals surface area (Å²) in [6, 6.07) is 3.68. The van der Waals surface area contributed by atoms with E-state index in [9.17, 15) is 14.9 Å². The number of hydrogen-bond acceptors (Lipinski definition) is 4. The Balaban J connectivity index is 2.09. The van der Waals surface area contributed by atoms with Gasteiger partial charge in [0.25, 0.3) is 5.69 Å². The van der Waals surface area contributed by atoms with E-state index in [1.165, 1.54) is 12.1 Å². The third-order valence-electron chi connectivity index (χ3n) is 3.55. The van der Waals surface area contributed by atoms with E-state index in [2.05, 4.69) is 15.7 Å². The van der Waals surface area contributed by atoms with E-state index in [1.54, 1.807) is 17.7 Å². The number of nitro groups is 1. The molecule has 0 aliphatic heterocycles. The molecular formula is C15H19N5O3. The third kappa shape index (κ3) is 3.85. The minimum atomic E-state index is -0.496. The van der Waals surface area contributed by atoms with E-state index >= 15 is 0 Å². The van der Waals surface area contributed by atoms with Gasteiger partial charge in [-0.25, -0.2) is 4.79 Å². The van der Waals surface area contributed by atoms with Gasteiger partial charge in [-0.15, -0.1) is 0 Å². The average Bonchev–Trinajstić information content (AvgIpc) is 2.79. The Hall–Kier alpha value is -2.90. The van der Waals surface area contributed by atoms with Crippen molar-refractivity contribution in [1.29, 1.82) is 0 Å². The number of nitro benzene ring substituents is 1. The van der Waals surface area contributed by atoms with Gasteiger partial charge in [0.1, 0.15) is 0 Å². The molecule has 8 heteroatoms. The number of rotatable bonds is 4.